The number of aliphatic carboxylic acids is 1. The van der Waals surface area contributed by atoms with E-state index in [9.17, 15) is 86.4 Å². The molecule has 650 valence electrons. The van der Waals surface area contributed by atoms with E-state index in [0.29, 0.717) is 70.4 Å². The van der Waals surface area contributed by atoms with Gasteiger partial charge in [-0.25, -0.2) is 19.6 Å². The Morgan fingerprint density at radius 2 is 1.50 bits per heavy atom. The van der Waals surface area contributed by atoms with E-state index in [1.54, 1.807) is 57.5 Å². The topological polar surface area (TPSA) is 477 Å². The van der Waals surface area contributed by atoms with Gasteiger partial charge in [-0.3, -0.25) is 57.8 Å². The van der Waals surface area contributed by atoms with Crippen molar-refractivity contribution in [3.05, 3.63) is 124 Å². The minimum absolute atomic E-state index is 0.0598. The van der Waals surface area contributed by atoms with Crippen LogP contribution in [-0.4, -0.2) is 253 Å². The Labute approximate surface area is 702 Å². The maximum atomic E-state index is 14.5. The molecule has 0 radical (unpaired) electrons. The minimum Gasteiger partial charge on any atom is -0.496 e. The number of carboxylic acids is 2. The molecule has 14 rings (SSSR count). The molecule has 4 bridgehead atoms. The van der Waals surface area contributed by atoms with Crippen LogP contribution in [0, 0.1) is 40.9 Å². The molecule has 2 unspecified atom stereocenters. The van der Waals surface area contributed by atoms with Gasteiger partial charge in [0.05, 0.1) is 92.0 Å². The molecule has 3 aliphatic heterocycles. The number of imide groups is 1. The number of likely N-dealkylation sites (tertiary alicyclic amines) is 1. The van der Waals surface area contributed by atoms with E-state index in [1.165, 1.54) is 36.3 Å². The van der Waals surface area contributed by atoms with Crippen molar-refractivity contribution in [1.82, 2.24) is 45.1 Å². The lowest BCUT2D eigenvalue weighted by molar-refractivity contribution is -0.248. The van der Waals surface area contributed by atoms with Crippen LogP contribution in [0.5, 0.6) is 5.75 Å². The van der Waals surface area contributed by atoms with E-state index in [0.717, 1.165) is 81.1 Å². The summed E-state index contributed by atoms with van der Waals surface area (Å²) >= 11 is 1.38. The number of thiazole rings is 1. The second kappa shape index (κ2) is 36.0. The summed E-state index contributed by atoms with van der Waals surface area (Å²) in [5.41, 5.74) is 4.51. The normalized spacial score (nSPS) is 25.4. The van der Waals surface area contributed by atoms with Gasteiger partial charge in [0, 0.05) is 92.0 Å². The van der Waals surface area contributed by atoms with Gasteiger partial charge in [-0.05, 0) is 171 Å². The van der Waals surface area contributed by atoms with Crippen LogP contribution in [0.4, 0.5) is 21.4 Å². The van der Waals surface area contributed by atoms with Crippen LogP contribution in [0.25, 0.3) is 21.3 Å². The largest absolute Gasteiger partial charge is 0.496 e. The van der Waals surface area contributed by atoms with Crippen LogP contribution in [0.3, 0.4) is 0 Å². The molecule has 11 atom stereocenters. The highest BCUT2D eigenvalue weighted by Crippen LogP contribution is 2.72. The Kier molecular flexibility index (Phi) is 26.3. The first kappa shape index (κ1) is 88.4. The number of pyridine rings is 1. The van der Waals surface area contributed by atoms with Gasteiger partial charge >= 0.3 is 18.0 Å². The Bertz CT molecular complexity index is 5100. The fourth-order valence-electron chi connectivity index (χ4n) is 20.1. The van der Waals surface area contributed by atoms with E-state index in [4.69, 9.17) is 33.8 Å². The number of carbonyl (C=O) groups is 10. The quantitative estimate of drug-likeness (QED) is 0.0125. The third-order valence-corrected chi connectivity index (χ3v) is 26.4. The molecule has 3 aromatic carbocycles. The van der Waals surface area contributed by atoms with Crippen LogP contribution in [0.2, 0.25) is 0 Å². The number of aliphatic hydroxyl groups excluding tert-OH is 3. The zero-order valence-corrected chi connectivity index (χ0v) is 70.3. The third kappa shape index (κ3) is 19.6. The Balaban J connectivity index is 0.658. The van der Waals surface area contributed by atoms with Crippen molar-refractivity contribution < 1.29 is 110 Å². The predicted molar refractivity (Wildman–Crippen MR) is 438 cm³/mol. The van der Waals surface area contributed by atoms with Crippen molar-refractivity contribution in [3.8, 4) is 16.9 Å². The van der Waals surface area contributed by atoms with Gasteiger partial charge in [-0.1, -0.05) is 57.2 Å². The lowest BCUT2D eigenvalue weighted by atomic mass is 9.39. The van der Waals surface area contributed by atoms with Crippen molar-refractivity contribution >= 4 is 108 Å². The van der Waals surface area contributed by atoms with E-state index < -0.39 is 148 Å². The molecule has 1 saturated heterocycles. The summed E-state index contributed by atoms with van der Waals surface area (Å²) < 4.78 is 64.7. The van der Waals surface area contributed by atoms with Crippen LogP contribution < -0.4 is 30.9 Å². The number of nitrogens with one attached hydrogen (secondary N) is 4. The van der Waals surface area contributed by atoms with Gasteiger partial charge < -0.3 is 79.9 Å². The molecule has 5 aliphatic carbocycles. The number of carbonyl (C=O) groups excluding carboxylic acids is 8. The highest BCUT2D eigenvalue weighted by molar-refractivity contribution is 7.85. The van der Waals surface area contributed by atoms with Crippen molar-refractivity contribution in [3.63, 3.8) is 0 Å². The summed E-state index contributed by atoms with van der Waals surface area (Å²) in [6, 6.07) is 14.6. The first-order valence-corrected chi connectivity index (χ1v) is 42.9. The number of aryl methyl sites for hydroxylation is 1. The zero-order chi connectivity index (χ0) is 86.9. The van der Waals surface area contributed by atoms with Crippen molar-refractivity contribution in [2.75, 3.05) is 88.1 Å². The van der Waals surface area contributed by atoms with Crippen molar-refractivity contribution in [2.24, 2.45) is 34.0 Å². The fourth-order valence-corrected chi connectivity index (χ4v) is 21.3. The zero-order valence-electron chi connectivity index (χ0n) is 68.6. The smallest absolute Gasteiger partial charge is 0.410 e. The molecule has 35 nitrogen and oxygen atoms in total. The van der Waals surface area contributed by atoms with E-state index in [-0.39, 0.29) is 105 Å². The van der Waals surface area contributed by atoms with Gasteiger partial charge in [0.2, 0.25) is 23.6 Å². The number of ether oxygens (including phenoxy) is 5. The van der Waals surface area contributed by atoms with E-state index in [1.807, 2.05) is 46.8 Å². The Morgan fingerprint density at radius 3 is 2.19 bits per heavy atom. The number of para-hydroxylation sites is 1. The van der Waals surface area contributed by atoms with Crippen LogP contribution >= 0.6 is 11.3 Å². The number of hydrogen-bond acceptors (Lipinski definition) is 25. The van der Waals surface area contributed by atoms with E-state index >= 15 is 0 Å². The molecule has 3 aromatic heterocycles. The maximum absolute atomic E-state index is 14.5. The monoisotopic (exact) mass is 1710 g/mol. The van der Waals surface area contributed by atoms with Crippen molar-refractivity contribution in [1.29, 1.82) is 0 Å². The molecule has 5 saturated carbocycles. The number of anilines is 3. The highest BCUT2D eigenvalue weighted by Gasteiger charge is 2.66. The van der Waals surface area contributed by atoms with Crippen LogP contribution in [-0.2, 0) is 95.2 Å². The number of methoxy groups -OCH3 is 2. The highest BCUT2D eigenvalue weighted by atomic mass is 32.2. The molecule has 6 aromatic rings. The Hall–Kier alpha value is -10.4. The third-order valence-electron chi connectivity index (χ3n) is 24.7. The van der Waals surface area contributed by atoms with Gasteiger partial charge in [-0.15, -0.1) is 0 Å². The molecule has 8 aliphatic rings. The van der Waals surface area contributed by atoms with Gasteiger partial charge in [0.1, 0.15) is 42.4 Å². The summed E-state index contributed by atoms with van der Waals surface area (Å²) in [6.07, 6.45) is 3.25. The number of benzene rings is 3. The fraction of sp³-hybridized carbons (Fsp3) is 0.536. The summed E-state index contributed by atoms with van der Waals surface area (Å²) in [6.45, 7) is 11.1. The first-order chi connectivity index (χ1) is 57.4. The molecule has 0 spiro atoms. The molecule has 121 heavy (non-hydrogen) atoms. The second-order valence-corrected chi connectivity index (χ2v) is 37.0. The molecular formula is C84H104N12O23S2. The summed E-state index contributed by atoms with van der Waals surface area (Å²) in [4.78, 5) is 150. The van der Waals surface area contributed by atoms with Crippen LogP contribution in [0.15, 0.2) is 85.1 Å². The predicted octanol–water partition coefficient (Wildman–Crippen LogP) is 5.92. The average Bonchev–Trinajstić information content (AvgIpc) is 0.770. The van der Waals surface area contributed by atoms with Crippen molar-refractivity contribution in [2.45, 2.75) is 180 Å². The second-order valence-electron chi connectivity index (χ2n) is 34.4. The number of fused-ring (bicyclic) bond motifs is 2. The SMILES string of the molecule is COCCN(CCOC12CC3(C)CC(C)(CC(Cn4ncc(-c5ccc(N6CCc7c(OC)ccc(C(=O)Nc8nc9ccccc9s8)c7C6)nc5C(=O)O)c4C)(C3)C1)C2)C(=O)OCc1ccc(NC(=O)[C@H](C)NC(=O)[C@@H](NC(=O)CN2C(=O)[C@@H](N3C(=O)C=CC3=O)C[C@H]2COCCS(=O)(=O)O)C(C)C)cc1CC[C@@H]1C[C@H](C(=O)O)[C@@H](O)[C@H](O)[C@H]1O. The lowest BCUT2D eigenvalue weighted by Crippen LogP contribution is -2.64. The molecule has 10 N–H and O–H groups in total. The molecular weight excluding hydrogens is 1610 g/mol. The number of aliphatic hydroxyl groups is 3. The average molecular weight is 1710 g/mol. The van der Waals surface area contributed by atoms with E-state index in [2.05, 4.69) is 40.1 Å². The van der Waals surface area contributed by atoms with Crippen LogP contribution in [0.1, 0.15) is 141 Å². The standard InChI is InChI=1S/C84H104N12O23S2/c1-46(2)68(90-65(97)36-94-53(38-117-29-30-121(112,113)114)33-61(76(94)106)96-66(98)21-22-67(96)99)75(105)86-47(3)73(103)87-52-16-15-51(49(31-52)13-14-50-32-57(77(107)108)71(101)72(102)70(50)100)37-118-80(111)92(25-27-115-7)26-28-119-84-42-81(5)39-82(6,43-84)41-83(40-81,44-84)45-95-48(4)58(34-85-95)55-18-20-64(89-69(55)78(109)110)93-24-23-54-59(35-93)56(17-19-62(54)116-8)74(104)91-79-88-60-11-9-10-12-63(60)120-79/h9-12,15-22,31,34,46-47,50,53,57,61,68,70-72,100-102H,13-14,23-30,32-33,35-45H2,1-8H3,(H,86,105)(H,87,103)(H,90,97)(H,107,108)(H,109,110)(H,88,91,104)(H,112,113,114)/t47-,50+,53-,57-,61-,68-,70-,71+,72+,81?,82?,83?,84?/m0/s1. The molecule has 37 heteroatoms. The summed E-state index contributed by atoms with van der Waals surface area (Å²) in [7, 11) is -1.33. The number of hydrogen-bond donors (Lipinski definition) is 10. The lowest BCUT2D eigenvalue weighted by Gasteiger charge is -2.69. The summed E-state index contributed by atoms with van der Waals surface area (Å²) in [5, 5.41) is 69.9. The number of nitrogens with zero attached hydrogens (tertiary/aromatic N) is 8. The first-order valence-electron chi connectivity index (χ1n) is 40.5. The van der Waals surface area contributed by atoms with Gasteiger partial charge in [0.15, 0.2) is 10.8 Å². The molecule has 6 fully saturated rings. The molecule has 6 heterocycles. The maximum Gasteiger partial charge on any atom is 0.410 e. The minimum atomic E-state index is -4.42. The number of aromatic nitrogens is 4. The van der Waals surface area contributed by atoms with Gasteiger partial charge in [0.25, 0.3) is 27.8 Å². The number of aromatic carboxylic acids is 1. The van der Waals surface area contributed by atoms with Gasteiger partial charge in [-0.2, -0.15) is 13.5 Å². The summed E-state index contributed by atoms with van der Waals surface area (Å²) in [5.74, 6) is -10.2. The Morgan fingerprint density at radius 1 is 0.777 bits per heavy atom. The number of rotatable bonds is 35. The molecule has 8 amide bonds. The number of carboxylic acid groups (broad SMARTS) is 2. The number of amides is 8.